The third-order valence-electron chi connectivity index (χ3n) is 3.77. The summed E-state index contributed by atoms with van der Waals surface area (Å²) in [5, 5.41) is 2.77. The molecule has 5 heteroatoms. The van der Waals surface area contributed by atoms with Crippen LogP contribution in [0.2, 0.25) is 0 Å². The molecule has 2 amide bonds. The number of alkyl carbamates (subject to hydrolysis) is 1. The van der Waals surface area contributed by atoms with E-state index in [1.807, 2.05) is 52.0 Å². The quantitative estimate of drug-likeness (QED) is 0.856. The fourth-order valence-corrected chi connectivity index (χ4v) is 2.60. The Labute approximate surface area is 145 Å². The number of rotatable bonds is 4. The molecule has 0 spiro atoms. The van der Waals surface area contributed by atoms with Crippen molar-refractivity contribution < 1.29 is 15.8 Å². The Bertz CT molecular complexity index is 638. The van der Waals surface area contributed by atoms with Gasteiger partial charge in [-0.3, -0.25) is 4.79 Å². The van der Waals surface area contributed by atoms with Gasteiger partial charge in [-0.1, -0.05) is 31.2 Å². The first-order valence-electron chi connectivity index (χ1n) is 8.37. The van der Waals surface area contributed by atoms with Gasteiger partial charge in [-0.15, -0.1) is 0 Å². The van der Waals surface area contributed by atoms with Gasteiger partial charge in [0.05, 0.1) is 6.04 Å². The largest absolute Gasteiger partial charge is 0.444 e. The van der Waals surface area contributed by atoms with Crippen molar-refractivity contribution in [2.45, 2.75) is 52.2 Å². The molecule has 0 saturated carbocycles. The molecule has 0 radical (unpaired) electrons. The van der Waals surface area contributed by atoms with Crippen LogP contribution in [0.15, 0.2) is 36.4 Å². The molecule has 2 rings (SSSR count). The Morgan fingerprint density at radius 2 is 2.08 bits per heavy atom. The molecule has 1 aromatic carbocycles. The molecule has 0 fully saturated rings. The summed E-state index contributed by atoms with van der Waals surface area (Å²) in [5.74, 6) is -0.0654. The molecule has 1 atom stereocenters. The maximum atomic E-state index is 12.4. The minimum Gasteiger partial charge on any atom is -0.444 e. The van der Waals surface area contributed by atoms with E-state index in [0.717, 1.165) is 12.1 Å². The van der Waals surface area contributed by atoms with E-state index in [4.69, 9.17) is 4.74 Å². The van der Waals surface area contributed by atoms with Crippen molar-refractivity contribution in [3.05, 3.63) is 42.0 Å². The summed E-state index contributed by atoms with van der Waals surface area (Å²) in [7, 11) is 0. The zero-order chi connectivity index (χ0) is 17.7. The molecular formula is C19H28N2O3. The summed E-state index contributed by atoms with van der Waals surface area (Å²) in [6.45, 7) is 8.09. The third-order valence-corrected chi connectivity index (χ3v) is 3.77. The van der Waals surface area contributed by atoms with Crippen molar-refractivity contribution in [3.63, 3.8) is 0 Å². The van der Waals surface area contributed by atoms with Gasteiger partial charge in [0, 0.05) is 19.7 Å². The molecule has 1 N–H and O–H groups in total. The van der Waals surface area contributed by atoms with Crippen molar-refractivity contribution in [1.29, 1.82) is 0 Å². The van der Waals surface area contributed by atoms with Crippen LogP contribution in [0.4, 0.5) is 10.5 Å². The van der Waals surface area contributed by atoms with Gasteiger partial charge in [-0.2, -0.15) is 0 Å². The van der Waals surface area contributed by atoms with E-state index in [1.165, 1.54) is 11.6 Å². The first-order chi connectivity index (χ1) is 11.3. The van der Waals surface area contributed by atoms with Crippen molar-refractivity contribution in [1.82, 2.24) is 5.32 Å². The third kappa shape index (κ3) is 4.85. The number of nitrogens with one attached hydrogen (secondary N) is 1. The minimum atomic E-state index is -0.541. The Kier molecular flexibility index (Phi) is 5.65. The van der Waals surface area contributed by atoms with Crippen LogP contribution < -0.4 is 10.2 Å². The second kappa shape index (κ2) is 7.51. The Morgan fingerprint density at radius 3 is 2.75 bits per heavy atom. The smallest absolute Gasteiger partial charge is 0.408 e. The van der Waals surface area contributed by atoms with E-state index >= 15 is 0 Å². The molecule has 0 aromatic heterocycles. The maximum absolute atomic E-state index is 12.4. The lowest BCUT2D eigenvalue weighted by atomic mass is 10.2. The highest BCUT2D eigenvalue weighted by atomic mass is 16.6. The van der Waals surface area contributed by atoms with Gasteiger partial charge >= 0.3 is 6.09 Å². The lowest BCUT2D eigenvalue weighted by molar-refractivity contribution is -0.114. The number of amides is 2. The van der Waals surface area contributed by atoms with E-state index in [2.05, 4.69) is 5.32 Å². The van der Waals surface area contributed by atoms with E-state index < -0.39 is 11.7 Å². The second-order valence-electron chi connectivity index (χ2n) is 6.89. The Hall–Kier alpha value is -2.30. The zero-order valence-electron chi connectivity index (χ0n) is 14.8. The molecule has 24 heavy (non-hydrogen) atoms. The first kappa shape index (κ1) is 18.0. The normalized spacial score (nSPS) is 15.2. The van der Waals surface area contributed by atoms with Crippen molar-refractivity contribution in [2.75, 3.05) is 11.4 Å². The number of benzene rings is 1. The highest BCUT2D eigenvalue weighted by Crippen LogP contribution is 2.27. The number of carbonyl (C=O) groups is 2. The summed E-state index contributed by atoms with van der Waals surface area (Å²) in [5.41, 5.74) is 1.62. The number of hydrogen-bond acceptors (Lipinski definition) is 3. The summed E-state index contributed by atoms with van der Waals surface area (Å²) in [6.07, 6.45) is 4.35. The number of ether oxygens (including phenoxy) is 1. The summed E-state index contributed by atoms with van der Waals surface area (Å²) < 4.78 is 5.24. The molecule has 0 saturated heterocycles. The van der Waals surface area contributed by atoms with Crippen LogP contribution in [-0.2, 0) is 16.0 Å². The van der Waals surface area contributed by atoms with Crippen LogP contribution in [0, 0.1) is 0 Å². The van der Waals surface area contributed by atoms with Gasteiger partial charge in [0.1, 0.15) is 5.60 Å². The van der Waals surface area contributed by atoms with Gasteiger partial charge in [0.15, 0.2) is 0 Å². The number of anilines is 1. The number of hydrogen-bond donors (Lipinski definition) is 1. The van der Waals surface area contributed by atoms with Crippen LogP contribution in [-0.4, -0.2) is 30.2 Å². The predicted molar refractivity (Wildman–Crippen MR) is 97.2 cm³/mol. The summed E-state index contributed by atoms with van der Waals surface area (Å²) in [6, 6.07) is 7.70. The lowest BCUT2D eigenvalue weighted by Gasteiger charge is -2.22. The molecule has 5 nitrogen and oxygen atoms in total. The molecule has 1 aromatic rings. The summed E-state index contributed by atoms with van der Waals surface area (Å²) in [4.78, 5) is 26.0. The summed E-state index contributed by atoms with van der Waals surface area (Å²) >= 11 is 0. The molecule has 0 aliphatic carbocycles. The van der Waals surface area contributed by atoms with Crippen LogP contribution in [0.3, 0.4) is 0 Å². The van der Waals surface area contributed by atoms with E-state index in [1.54, 1.807) is 11.0 Å². The minimum absolute atomic E-state index is 0. The van der Waals surface area contributed by atoms with Crippen LogP contribution in [0.25, 0.3) is 0 Å². The number of para-hydroxylation sites is 1. The average Bonchev–Trinajstić information content (AvgIpc) is 2.93. The topological polar surface area (TPSA) is 58.6 Å². The van der Waals surface area contributed by atoms with Crippen molar-refractivity contribution in [3.8, 4) is 0 Å². The maximum Gasteiger partial charge on any atom is 0.408 e. The molecule has 0 bridgehead atoms. The molecular weight excluding hydrogens is 304 g/mol. The predicted octanol–water partition coefficient (Wildman–Crippen LogP) is 3.68. The first-order valence-corrected chi connectivity index (χ1v) is 8.37. The SMILES string of the molecule is CC[C@@H](/C=C/C(=O)N1CCc2ccccc21)NC(=O)OC(C)(C)C.[HH]. The average molecular weight is 332 g/mol. The van der Waals surface area contributed by atoms with Crippen molar-refractivity contribution >= 4 is 17.7 Å². The Morgan fingerprint density at radius 1 is 1.38 bits per heavy atom. The zero-order valence-corrected chi connectivity index (χ0v) is 14.8. The van der Waals surface area contributed by atoms with Gasteiger partial charge < -0.3 is 15.0 Å². The van der Waals surface area contributed by atoms with Gasteiger partial charge in [-0.05, 0) is 45.2 Å². The van der Waals surface area contributed by atoms with E-state index in [9.17, 15) is 9.59 Å². The fourth-order valence-electron chi connectivity index (χ4n) is 2.60. The van der Waals surface area contributed by atoms with Crippen LogP contribution >= 0.6 is 0 Å². The number of fused-ring (bicyclic) bond motifs is 1. The molecule has 0 unspecified atom stereocenters. The van der Waals surface area contributed by atoms with Crippen LogP contribution in [0.1, 0.15) is 41.1 Å². The number of carbonyl (C=O) groups excluding carboxylic acids is 2. The highest BCUT2D eigenvalue weighted by molar-refractivity contribution is 6.02. The highest BCUT2D eigenvalue weighted by Gasteiger charge is 2.23. The monoisotopic (exact) mass is 332 g/mol. The molecule has 1 heterocycles. The standard InChI is InChI=1S/C19H26N2O3.H2/c1-5-15(20-18(23)24-19(2,3)4)10-11-17(22)21-13-12-14-8-6-7-9-16(14)21;/h6-11,15H,5,12-13H2,1-4H3,(H,20,23);1H/b11-10+;/t15-;/m0./s1. The van der Waals surface area contributed by atoms with Gasteiger partial charge in [-0.25, -0.2) is 4.79 Å². The second-order valence-corrected chi connectivity index (χ2v) is 6.89. The van der Waals surface area contributed by atoms with Gasteiger partial charge in [0.25, 0.3) is 5.91 Å². The molecule has 132 valence electrons. The fraction of sp³-hybridized carbons (Fsp3) is 0.474. The number of nitrogens with zero attached hydrogens (tertiary/aromatic N) is 1. The van der Waals surface area contributed by atoms with Crippen LogP contribution in [0.5, 0.6) is 0 Å². The van der Waals surface area contributed by atoms with E-state index in [0.29, 0.717) is 13.0 Å². The Balaban J connectivity index is 0.00000312. The lowest BCUT2D eigenvalue weighted by Crippen LogP contribution is -2.38. The molecule has 1 aliphatic heterocycles. The van der Waals surface area contributed by atoms with Gasteiger partial charge in [0.2, 0.25) is 0 Å². The molecule has 1 aliphatic rings. The van der Waals surface area contributed by atoms with Crippen molar-refractivity contribution in [2.24, 2.45) is 0 Å². The van der Waals surface area contributed by atoms with E-state index in [-0.39, 0.29) is 13.4 Å².